The van der Waals surface area contributed by atoms with Crippen molar-refractivity contribution in [2.75, 3.05) is 5.32 Å². The van der Waals surface area contributed by atoms with Crippen LogP contribution in [0, 0.1) is 0 Å². The highest BCUT2D eigenvalue weighted by atomic mass is 16.2. The predicted molar refractivity (Wildman–Crippen MR) is 101 cm³/mol. The topological polar surface area (TPSA) is 58.1 Å². The smallest absolute Gasteiger partial charge is 0.243 e. The minimum Gasteiger partial charge on any atom is -0.293 e. The molecule has 0 radical (unpaired) electrons. The van der Waals surface area contributed by atoms with Crippen molar-refractivity contribution in [3.8, 4) is 11.1 Å². The Labute approximate surface area is 152 Å². The maximum Gasteiger partial charge on any atom is 0.243 e. The van der Waals surface area contributed by atoms with Crippen LogP contribution in [0.4, 0.5) is 5.95 Å². The van der Waals surface area contributed by atoms with E-state index >= 15 is 0 Å². The van der Waals surface area contributed by atoms with Crippen LogP contribution in [0.3, 0.4) is 0 Å². The molecule has 0 spiro atoms. The molecule has 0 aliphatic carbocycles. The molecule has 2 heterocycles. The average Bonchev–Trinajstić information content (AvgIpc) is 2.85. The molecule has 1 aromatic heterocycles. The minimum absolute atomic E-state index is 0.104. The number of amides is 1. The number of hydrogen-bond acceptors (Lipinski definition) is 4. The van der Waals surface area contributed by atoms with Crippen molar-refractivity contribution in [3.63, 3.8) is 0 Å². The van der Waals surface area contributed by atoms with Crippen LogP contribution in [0.5, 0.6) is 0 Å². The van der Waals surface area contributed by atoms with E-state index in [1.165, 1.54) is 22.3 Å². The lowest BCUT2D eigenvalue weighted by molar-refractivity contribution is -0.121. The summed E-state index contributed by atoms with van der Waals surface area (Å²) in [5, 5.41) is 2.80. The number of aromatic nitrogens is 2. The van der Waals surface area contributed by atoms with E-state index in [0.29, 0.717) is 5.95 Å². The third kappa shape index (κ3) is 3.21. The zero-order valence-electron chi connectivity index (χ0n) is 14.6. The molecule has 1 atom stereocenters. The molecule has 0 bridgehead atoms. The van der Waals surface area contributed by atoms with Crippen LogP contribution < -0.4 is 5.32 Å². The number of nitrogens with zero attached hydrogens (tertiary/aromatic N) is 3. The quantitative estimate of drug-likeness (QED) is 0.790. The summed E-state index contributed by atoms with van der Waals surface area (Å²) in [6.07, 6.45) is 3.23. The third-order valence-electron chi connectivity index (χ3n) is 4.80. The summed E-state index contributed by atoms with van der Waals surface area (Å²) in [5.74, 6) is 0.230. The number of anilines is 1. The van der Waals surface area contributed by atoms with E-state index in [-0.39, 0.29) is 11.9 Å². The summed E-state index contributed by atoms with van der Waals surface area (Å²) in [6, 6.07) is 18.2. The van der Waals surface area contributed by atoms with Crippen LogP contribution in [0.2, 0.25) is 0 Å². The summed E-state index contributed by atoms with van der Waals surface area (Å²) >= 11 is 0. The molecule has 1 N–H and O–H groups in total. The van der Waals surface area contributed by atoms with Crippen molar-refractivity contribution in [2.24, 2.45) is 0 Å². The van der Waals surface area contributed by atoms with E-state index in [0.717, 1.165) is 13.1 Å². The highest BCUT2D eigenvalue weighted by Gasteiger charge is 2.26. The standard InChI is InChI=1S/C21H20N4O/c1-15(20(26)24-21-22-11-6-12-23-21)25-13-16-7-2-4-9-18(16)19-10-5-3-8-17(19)14-25/h2-12,15H,13-14H2,1H3,(H,22,23,24,26). The van der Waals surface area contributed by atoms with Crippen molar-refractivity contribution < 1.29 is 4.79 Å². The molecule has 1 amide bonds. The van der Waals surface area contributed by atoms with Gasteiger partial charge in [-0.2, -0.15) is 0 Å². The van der Waals surface area contributed by atoms with Crippen molar-refractivity contribution in [1.82, 2.24) is 14.9 Å². The van der Waals surface area contributed by atoms with Gasteiger partial charge in [-0.1, -0.05) is 48.5 Å². The Morgan fingerprint density at radius 3 is 2.04 bits per heavy atom. The van der Waals surface area contributed by atoms with Gasteiger partial charge in [0, 0.05) is 25.5 Å². The lowest BCUT2D eigenvalue weighted by Crippen LogP contribution is -2.41. The van der Waals surface area contributed by atoms with Gasteiger partial charge in [0.15, 0.2) is 0 Å². The molecule has 5 heteroatoms. The van der Waals surface area contributed by atoms with Gasteiger partial charge in [-0.15, -0.1) is 0 Å². The molecular formula is C21H20N4O. The molecular weight excluding hydrogens is 324 g/mol. The van der Waals surface area contributed by atoms with E-state index in [4.69, 9.17) is 0 Å². The van der Waals surface area contributed by atoms with Crippen molar-refractivity contribution in [2.45, 2.75) is 26.1 Å². The van der Waals surface area contributed by atoms with Gasteiger partial charge in [0.1, 0.15) is 0 Å². The second-order valence-corrected chi connectivity index (χ2v) is 6.46. The molecule has 130 valence electrons. The fourth-order valence-electron chi connectivity index (χ4n) is 3.35. The van der Waals surface area contributed by atoms with Gasteiger partial charge in [0.25, 0.3) is 0 Å². The highest BCUT2D eigenvalue weighted by Crippen LogP contribution is 2.33. The SMILES string of the molecule is CC(C(=O)Nc1ncccn1)N1Cc2ccccc2-c2ccccc2C1. The Morgan fingerprint density at radius 1 is 0.923 bits per heavy atom. The fourth-order valence-corrected chi connectivity index (χ4v) is 3.35. The Morgan fingerprint density at radius 2 is 1.46 bits per heavy atom. The molecule has 1 aliphatic rings. The maximum absolute atomic E-state index is 12.7. The second kappa shape index (κ2) is 7.06. The van der Waals surface area contributed by atoms with Crippen LogP contribution >= 0.6 is 0 Å². The van der Waals surface area contributed by atoms with Crippen LogP contribution in [0.25, 0.3) is 11.1 Å². The lowest BCUT2D eigenvalue weighted by Gasteiger charge is -2.27. The number of carbonyl (C=O) groups is 1. The number of hydrogen-bond donors (Lipinski definition) is 1. The maximum atomic E-state index is 12.7. The largest absolute Gasteiger partial charge is 0.293 e. The normalized spacial score (nSPS) is 14.7. The van der Waals surface area contributed by atoms with Gasteiger partial charge in [-0.25, -0.2) is 9.97 Å². The average molecular weight is 344 g/mol. The number of fused-ring (bicyclic) bond motifs is 3. The number of rotatable bonds is 3. The Hall–Kier alpha value is -3.05. The third-order valence-corrected chi connectivity index (χ3v) is 4.80. The van der Waals surface area contributed by atoms with Crippen molar-refractivity contribution >= 4 is 11.9 Å². The molecule has 2 aromatic carbocycles. The number of benzene rings is 2. The molecule has 1 aliphatic heterocycles. The number of nitrogens with one attached hydrogen (secondary N) is 1. The van der Waals surface area contributed by atoms with E-state index in [1.54, 1.807) is 18.5 Å². The van der Waals surface area contributed by atoms with E-state index in [2.05, 4.69) is 56.6 Å². The summed E-state index contributed by atoms with van der Waals surface area (Å²) < 4.78 is 0. The molecule has 3 aromatic rings. The van der Waals surface area contributed by atoms with E-state index < -0.39 is 0 Å². The summed E-state index contributed by atoms with van der Waals surface area (Å²) in [4.78, 5) is 23.0. The van der Waals surface area contributed by atoms with E-state index in [1.807, 2.05) is 19.1 Å². The number of carbonyl (C=O) groups excluding carboxylic acids is 1. The Bertz CT molecular complexity index is 879. The van der Waals surface area contributed by atoms with Gasteiger partial charge in [0.2, 0.25) is 11.9 Å². The molecule has 4 rings (SSSR count). The summed E-state index contributed by atoms with van der Waals surface area (Å²) in [6.45, 7) is 3.36. The first-order valence-electron chi connectivity index (χ1n) is 8.70. The predicted octanol–water partition coefficient (Wildman–Crippen LogP) is 3.49. The molecule has 1 unspecified atom stereocenters. The van der Waals surface area contributed by atoms with Crippen LogP contribution in [-0.2, 0) is 17.9 Å². The summed E-state index contributed by atoms with van der Waals surface area (Å²) in [7, 11) is 0. The van der Waals surface area contributed by atoms with Crippen LogP contribution in [0.15, 0.2) is 67.0 Å². The van der Waals surface area contributed by atoms with Crippen LogP contribution in [0.1, 0.15) is 18.1 Å². The highest BCUT2D eigenvalue weighted by molar-refractivity contribution is 5.93. The fraction of sp³-hybridized carbons (Fsp3) is 0.190. The minimum atomic E-state index is -0.307. The molecule has 0 fully saturated rings. The first-order chi connectivity index (χ1) is 12.7. The molecule has 0 saturated heterocycles. The molecule has 26 heavy (non-hydrogen) atoms. The second-order valence-electron chi connectivity index (χ2n) is 6.46. The Balaban J connectivity index is 1.63. The lowest BCUT2D eigenvalue weighted by atomic mass is 9.97. The van der Waals surface area contributed by atoms with E-state index in [9.17, 15) is 4.79 Å². The van der Waals surface area contributed by atoms with Crippen LogP contribution in [-0.4, -0.2) is 26.8 Å². The zero-order valence-corrected chi connectivity index (χ0v) is 14.6. The monoisotopic (exact) mass is 344 g/mol. The Kier molecular flexibility index (Phi) is 4.46. The first kappa shape index (κ1) is 16.4. The van der Waals surface area contributed by atoms with Gasteiger partial charge in [0.05, 0.1) is 6.04 Å². The zero-order chi connectivity index (χ0) is 17.9. The van der Waals surface area contributed by atoms with Gasteiger partial charge in [-0.05, 0) is 35.2 Å². The van der Waals surface area contributed by atoms with Gasteiger partial charge < -0.3 is 0 Å². The van der Waals surface area contributed by atoms with Crippen molar-refractivity contribution in [1.29, 1.82) is 0 Å². The van der Waals surface area contributed by atoms with Gasteiger partial charge >= 0.3 is 0 Å². The summed E-state index contributed by atoms with van der Waals surface area (Å²) in [5.41, 5.74) is 4.94. The molecule has 5 nitrogen and oxygen atoms in total. The van der Waals surface area contributed by atoms with Crippen molar-refractivity contribution in [3.05, 3.63) is 78.1 Å². The molecule has 0 saturated carbocycles. The first-order valence-corrected chi connectivity index (χ1v) is 8.70. The van der Waals surface area contributed by atoms with Gasteiger partial charge in [-0.3, -0.25) is 15.0 Å².